The van der Waals surface area contributed by atoms with Gasteiger partial charge in [-0.1, -0.05) is 57.9 Å². The molecule has 0 atom stereocenters. The van der Waals surface area contributed by atoms with Crippen molar-refractivity contribution < 1.29 is 9.47 Å². The van der Waals surface area contributed by atoms with Crippen molar-refractivity contribution in [2.24, 2.45) is 0 Å². The summed E-state index contributed by atoms with van der Waals surface area (Å²) in [5.41, 5.74) is 2.02. The number of ether oxygens (including phenoxy) is 2. The van der Waals surface area contributed by atoms with Gasteiger partial charge in [-0.25, -0.2) is 0 Å². The van der Waals surface area contributed by atoms with Crippen molar-refractivity contribution in [1.29, 1.82) is 0 Å². The molecule has 0 radical (unpaired) electrons. The van der Waals surface area contributed by atoms with E-state index >= 15 is 0 Å². The SMILES string of the molecule is COc1ccccc1COc1c(Cl)cccc1CBr. The van der Waals surface area contributed by atoms with Crippen LogP contribution in [0.1, 0.15) is 11.1 Å². The number of para-hydroxylation sites is 2. The highest BCUT2D eigenvalue weighted by atomic mass is 79.9. The Morgan fingerprint density at radius 1 is 1.05 bits per heavy atom. The average molecular weight is 342 g/mol. The molecule has 0 bridgehead atoms. The number of halogens is 2. The molecule has 0 aliphatic carbocycles. The number of alkyl halides is 1. The normalized spacial score (nSPS) is 10.3. The second-order valence-corrected chi connectivity index (χ2v) is 4.93. The predicted octanol–water partition coefficient (Wildman–Crippen LogP) is 4.82. The molecule has 0 saturated carbocycles. The maximum Gasteiger partial charge on any atom is 0.142 e. The number of methoxy groups -OCH3 is 1. The van der Waals surface area contributed by atoms with E-state index in [4.69, 9.17) is 21.1 Å². The van der Waals surface area contributed by atoms with E-state index in [9.17, 15) is 0 Å². The summed E-state index contributed by atoms with van der Waals surface area (Å²) in [6, 6.07) is 13.5. The zero-order chi connectivity index (χ0) is 13.7. The van der Waals surface area contributed by atoms with Crippen LogP contribution in [0.25, 0.3) is 0 Å². The Morgan fingerprint density at radius 2 is 1.79 bits per heavy atom. The van der Waals surface area contributed by atoms with E-state index in [1.165, 1.54) is 0 Å². The molecule has 0 saturated heterocycles. The summed E-state index contributed by atoms with van der Waals surface area (Å²) in [7, 11) is 1.65. The molecule has 0 heterocycles. The quantitative estimate of drug-likeness (QED) is 0.726. The van der Waals surface area contributed by atoms with Crippen molar-refractivity contribution in [3.05, 3.63) is 58.6 Å². The largest absolute Gasteiger partial charge is 0.496 e. The smallest absolute Gasteiger partial charge is 0.142 e. The summed E-state index contributed by atoms with van der Waals surface area (Å²) in [6.45, 7) is 0.424. The highest BCUT2D eigenvalue weighted by Gasteiger charge is 2.09. The van der Waals surface area contributed by atoms with Gasteiger partial charge in [0, 0.05) is 16.5 Å². The number of hydrogen-bond donors (Lipinski definition) is 0. The first-order chi connectivity index (χ1) is 9.26. The second-order valence-electron chi connectivity index (χ2n) is 3.96. The van der Waals surface area contributed by atoms with E-state index in [0.717, 1.165) is 16.9 Å². The molecule has 0 spiro atoms. The van der Waals surface area contributed by atoms with Crippen LogP contribution in [-0.2, 0) is 11.9 Å². The van der Waals surface area contributed by atoms with Crippen LogP contribution in [-0.4, -0.2) is 7.11 Å². The topological polar surface area (TPSA) is 18.5 Å². The Morgan fingerprint density at radius 3 is 2.53 bits per heavy atom. The van der Waals surface area contributed by atoms with E-state index in [1.54, 1.807) is 7.11 Å². The summed E-state index contributed by atoms with van der Waals surface area (Å²) in [5, 5.41) is 1.32. The highest BCUT2D eigenvalue weighted by Crippen LogP contribution is 2.31. The van der Waals surface area contributed by atoms with Gasteiger partial charge in [0.1, 0.15) is 18.1 Å². The number of benzene rings is 2. The third kappa shape index (κ3) is 3.43. The fraction of sp³-hybridized carbons (Fsp3) is 0.200. The predicted molar refractivity (Wildman–Crippen MR) is 81.4 cm³/mol. The molecular formula is C15H14BrClO2. The van der Waals surface area contributed by atoms with Crippen LogP contribution >= 0.6 is 27.5 Å². The molecule has 2 aromatic rings. The molecule has 19 heavy (non-hydrogen) atoms. The molecule has 0 aliphatic rings. The fourth-order valence-corrected chi connectivity index (χ4v) is 2.48. The van der Waals surface area contributed by atoms with Gasteiger partial charge in [-0.3, -0.25) is 0 Å². The molecule has 4 heteroatoms. The molecule has 0 aliphatic heterocycles. The zero-order valence-corrected chi connectivity index (χ0v) is 12.9. The second kappa shape index (κ2) is 6.83. The van der Waals surface area contributed by atoms with Gasteiger partial charge in [-0.05, 0) is 12.1 Å². The van der Waals surface area contributed by atoms with Gasteiger partial charge in [0.2, 0.25) is 0 Å². The first-order valence-corrected chi connectivity index (χ1v) is 7.34. The molecule has 0 unspecified atom stereocenters. The molecule has 2 nitrogen and oxygen atoms in total. The van der Waals surface area contributed by atoms with Crippen LogP contribution in [0.4, 0.5) is 0 Å². The first kappa shape index (κ1) is 14.2. The molecular weight excluding hydrogens is 328 g/mol. The van der Waals surface area contributed by atoms with Crippen LogP contribution in [0.15, 0.2) is 42.5 Å². The maximum absolute atomic E-state index is 6.17. The Bertz CT molecular complexity index is 558. The summed E-state index contributed by atoms with van der Waals surface area (Å²) in [6.07, 6.45) is 0. The molecule has 0 aromatic heterocycles. The summed E-state index contributed by atoms with van der Waals surface area (Å²) in [5.74, 6) is 1.53. The zero-order valence-electron chi connectivity index (χ0n) is 10.5. The average Bonchev–Trinajstić information content (AvgIpc) is 2.46. The van der Waals surface area contributed by atoms with Crippen molar-refractivity contribution in [3.8, 4) is 11.5 Å². The van der Waals surface area contributed by atoms with Crippen LogP contribution in [0.3, 0.4) is 0 Å². The Balaban J connectivity index is 2.19. The minimum Gasteiger partial charge on any atom is -0.496 e. The third-order valence-corrected chi connectivity index (χ3v) is 3.66. The third-order valence-electron chi connectivity index (χ3n) is 2.76. The van der Waals surface area contributed by atoms with Gasteiger partial charge in [0.25, 0.3) is 0 Å². The molecule has 0 amide bonds. The Labute approximate surface area is 126 Å². The van der Waals surface area contributed by atoms with Gasteiger partial charge < -0.3 is 9.47 Å². The standard InChI is InChI=1S/C15H14BrClO2/c1-18-14-8-3-2-5-12(14)10-19-15-11(9-16)6-4-7-13(15)17/h2-8H,9-10H2,1H3. The van der Waals surface area contributed by atoms with Crippen LogP contribution in [0, 0.1) is 0 Å². The van der Waals surface area contributed by atoms with E-state index < -0.39 is 0 Å². The minimum absolute atomic E-state index is 0.424. The van der Waals surface area contributed by atoms with Gasteiger partial charge in [-0.2, -0.15) is 0 Å². The van der Waals surface area contributed by atoms with E-state index in [2.05, 4.69) is 15.9 Å². The van der Waals surface area contributed by atoms with Gasteiger partial charge in [0.05, 0.1) is 12.1 Å². The monoisotopic (exact) mass is 340 g/mol. The first-order valence-electron chi connectivity index (χ1n) is 5.84. The molecule has 2 aromatic carbocycles. The van der Waals surface area contributed by atoms with Crippen LogP contribution in [0.5, 0.6) is 11.5 Å². The summed E-state index contributed by atoms with van der Waals surface area (Å²) >= 11 is 9.60. The highest BCUT2D eigenvalue weighted by molar-refractivity contribution is 9.08. The van der Waals surface area contributed by atoms with E-state index in [1.807, 2.05) is 42.5 Å². The van der Waals surface area contributed by atoms with Crippen molar-refractivity contribution in [2.75, 3.05) is 7.11 Å². The van der Waals surface area contributed by atoms with E-state index in [0.29, 0.717) is 22.7 Å². The van der Waals surface area contributed by atoms with Crippen molar-refractivity contribution >= 4 is 27.5 Å². The Hall–Kier alpha value is -1.19. The lowest BCUT2D eigenvalue weighted by atomic mass is 10.2. The molecule has 0 N–H and O–H groups in total. The van der Waals surface area contributed by atoms with Crippen LogP contribution < -0.4 is 9.47 Å². The lowest BCUT2D eigenvalue weighted by Gasteiger charge is -2.13. The molecule has 2 rings (SSSR count). The van der Waals surface area contributed by atoms with Crippen LogP contribution in [0.2, 0.25) is 5.02 Å². The fourth-order valence-electron chi connectivity index (χ4n) is 1.79. The van der Waals surface area contributed by atoms with Gasteiger partial charge in [-0.15, -0.1) is 0 Å². The minimum atomic E-state index is 0.424. The number of rotatable bonds is 5. The lowest BCUT2D eigenvalue weighted by Crippen LogP contribution is -2.00. The maximum atomic E-state index is 6.17. The summed E-state index contributed by atoms with van der Waals surface area (Å²) in [4.78, 5) is 0. The van der Waals surface area contributed by atoms with E-state index in [-0.39, 0.29) is 0 Å². The van der Waals surface area contributed by atoms with Crippen molar-refractivity contribution in [2.45, 2.75) is 11.9 Å². The Kier molecular flexibility index (Phi) is 5.11. The van der Waals surface area contributed by atoms with Gasteiger partial charge >= 0.3 is 0 Å². The lowest BCUT2D eigenvalue weighted by molar-refractivity contribution is 0.295. The van der Waals surface area contributed by atoms with Crippen molar-refractivity contribution in [3.63, 3.8) is 0 Å². The van der Waals surface area contributed by atoms with Crippen molar-refractivity contribution in [1.82, 2.24) is 0 Å². The number of hydrogen-bond acceptors (Lipinski definition) is 2. The van der Waals surface area contributed by atoms with Gasteiger partial charge in [0.15, 0.2) is 0 Å². The summed E-state index contributed by atoms with van der Waals surface area (Å²) < 4.78 is 11.1. The molecule has 100 valence electrons. The molecule has 0 fully saturated rings.